The summed E-state index contributed by atoms with van der Waals surface area (Å²) in [6.07, 6.45) is 4.47. The first kappa shape index (κ1) is 18.4. The quantitative estimate of drug-likeness (QED) is 0.803. The molecule has 0 unspecified atom stereocenters. The molecule has 1 aliphatic heterocycles. The third kappa shape index (κ3) is 5.62. The summed E-state index contributed by atoms with van der Waals surface area (Å²) in [6, 6.07) is 6.73. The van der Waals surface area contributed by atoms with Crippen molar-refractivity contribution >= 4 is 11.8 Å². The minimum Gasteiger partial charge on any atom is -0.349 e. The molecule has 1 saturated heterocycles. The van der Waals surface area contributed by atoms with Crippen molar-refractivity contribution in [3.8, 4) is 0 Å². The van der Waals surface area contributed by atoms with Gasteiger partial charge in [-0.05, 0) is 49.3 Å². The highest BCUT2D eigenvalue weighted by Gasteiger charge is 2.23. The van der Waals surface area contributed by atoms with Gasteiger partial charge in [0, 0.05) is 40.0 Å². The summed E-state index contributed by atoms with van der Waals surface area (Å²) in [6.45, 7) is 1.54. The Morgan fingerprint density at radius 3 is 2.79 bits per heavy atom. The molecule has 0 saturated carbocycles. The van der Waals surface area contributed by atoms with Gasteiger partial charge in [-0.1, -0.05) is 12.1 Å². The Labute approximate surface area is 143 Å². The highest BCUT2D eigenvalue weighted by molar-refractivity contribution is 5.83. The van der Waals surface area contributed by atoms with Gasteiger partial charge in [-0.2, -0.15) is 0 Å². The van der Waals surface area contributed by atoms with Crippen molar-refractivity contribution in [2.24, 2.45) is 5.92 Å². The zero-order valence-electron chi connectivity index (χ0n) is 14.6. The van der Waals surface area contributed by atoms with Crippen molar-refractivity contribution in [1.29, 1.82) is 0 Å². The van der Waals surface area contributed by atoms with E-state index in [2.05, 4.69) is 0 Å². The smallest absolute Gasteiger partial charge is 0.223 e. The monoisotopic (exact) mass is 334 g/mol. The number of amides is 2. The molecule has 5 heteroatoms. The first-order chi connectivity index (χ1) is 11.5. The van der Waals surface area contributed by atoms with E-state index in [0.29, 0.717) is 5.92 Å². The lowest BCUT2D eigenvalue weighted by Crippen LogP contribution is -2.40. The summed E-state index contributed by atoms with van der Waals surface area (Å²) < 4.78 is 13.2. The molecule has 132 valence electrons. The van der Waals surface area contributed by atoms with Crippen LogP contribution in [-0.2, 0) is 16.0 Å². The van der Waals surface area contributed by atoms with Crippen molar-refractivity contribution < 1.29 is 14.0 Å². The van der Waals surface area contributed by atoms with Crippen molar-refractivity contribution in [3.05, 3.63) is 35.6 Å². The molecule has 1 aromatic carbocycles. The van der Waals surface area contributed by atoms with Crippen molar-refractivity contribution in [2.45, 2.75) is 38.5 Å². The maximum Gasteiger partial charge on any atom is 0.223 e. The first-order valence-corrected chi connectivity index (χ1v) is 8.68. The van der Waals surface area contributed by atoms with E-state index in [4.69, 9.17) is 0 Å². The number of nitrogens with zero attached hydrogens (tertiary/aromatic N) is 2. The van der Waals surface area contributed by atoms with Crippen LogP contribution < -0.4 is 0 Å². The SMILES string of the molecule is CN(C)C(=O)CCC(=O)N1CCC[C@H](CCc2cccc(F)c2)C1. The predicted molar refractivity (Wildman–Crippen MR) is 92.0 cm³/mol. The molecular weight excluding hydrogens is 307 g/mol. The Kier molecular flexibility index (Phi) is 6.76. The van der Waals surface area contributed by atoms with Gasteiger partial charge in [-0.25, -0.2) is 4.39 Å². The molecule has 1 aromatic rings. The highest BCUT2D eigenvalue weighted by atomic mass is 19.1. The van der Waals surface area contributed by atoms with Gasteiger partial charge >= 0.3 is 0 Å². The van der Waals surface area contributed by atoms with E-state index in [1.165, 1.54) is 11.0 Å². The molecule has 1 atom stereocenters. The van der Waals surface area contributed by atoms with Crippen LogP contribution in [0.25, 0.3) is 0 Å². The van der Waals surface area contributed by atoms with E-state index in [-0.39, 0.29) is 30.5 Å². The number of carbonyl (C=O) groups is 2. The zero-order chi connectivity index (χ0) is 17.5. The molecule has 4 nitrogen and oxygen atoms in total. The standard InChI is InChI=1S/C19H27FN2O2/c1-21(2)18(23)10-11-19(24)22-12-4-6-16(14-22)9-8-15-5-3-7-17(20)13-15/h3,5,7,13,16H,4,6,8-12,14H2,1-2H3/t16-/m1/s1. The molecule has 2 rings (SSSR count). The first-order valence-electron chi connectivity index (χ1n) is 8.68. The summed E-state index contributed by atoms with van der Waals surface area (Å²) in [5.74, 6) is 0.317. The number of aryl methyl sites for hydroxylation is 1. The topological polar surface area (TPSA) is 40.6 Å². The van der Waals surface area contributed by atoms with Crippen LogP contribution in [0.3, 0.4) is 0 Å². The normalized spacial score (nSPS) is 17.6. The molecule has 0 bridgehead atoms. The second kappa shape index (κ2) is 8.81. The number of rotatable bonds is 6. The van der Waals surface area contributed by atoms with Gasteiger partial charge in [0.15, 0.2) is 0 Å². The molecular formula is C19H27FN2O2. The Balaban J connectivity index is 1.78. The fraction of sp³-hybridized carbons (Fsp3) is 0.579. The van der Waals surface area contributed by atoms with Crippen molar-refractivity contribution in [1.82, 2.24) is 9.80 Å². The average molecular weight is 334 g/mol. The Bertz CT molecular complexity index is 574. The Morgan fingerprint density at radius 2 is 2.08 bits per heavy atom. The van der Waals surface area contributed by atoms with E-state index in [0.717, 1.165) is 44.3 Å². The van der Waals surface area contributed by atoms with Gasteiger partial charge in [0.25, 0.3) is 0 Å². The lowest BCUT2D eigenvalue weighted by molar-refractivity contribution is -0.137. The van der Waals surface area contributed by atoms with Crippen molar-refractivity contribution in [2.75, 3.05) is 27.2 Å². The van der Waals surface area contributed by atoms with Crippen LogP contribution in [0.4, 0.5) is 4.39 Å². The third-order valence-corrected chi connectivity index (χ3v) is 4.65. The van der Waals surface area contributed by atoms with E-state index in [1.807, 2.05) is 11.0 Å². The van der Waals surface area contributed by atoms with Gasteiger partial charge in [0.05, 0.1) is 0 Å². The van der Waals surface area contributed by atoms with Gasteiger partial charge < -0.3 is 9.80 Å². The second-order valence-corrected chi connectivity index (χ2v) is 6.80. The minimum atomic E-state index is -0.196. The molecule has 0 radical (unpaired) electrons. The fourth-order valence-corrected chi connectivity index (χ4v) is 3.19. The zero-order valence-corrected chi connectivity index (χ0v) is 14.6. The van der Waals surface area contributed by atoms with Crippen LogP contribution in [0.5, 0.6) is 0 Å². The summed E-state index contributed by atoms with van der Waals surface area (Å²) in [5.41, 5.74) is 1.01. The molecule has 0 spiro atoms. The van der Waals surface area contributed by atoms with Crippen LogP contribution in [0, 0.1) is 11.7 Å². The van der Waals surface area contributed by atoms with Gasteiger partial charge in [0.2, 0.25) is 11.8 Å². The number of hydrogen-bond acceptors (Lipinski definition) is 2. The third-order valence-electron chi connectivity index (χ3n) is 4.65. The Hall–Kier alpha value is -1.91. The summed E-state index contributed by atoms with van der Waals surface area (Å²) >= 11 is 0. The predicted octanol–water partition coefficient (Wildman–Crippen LogP) is 2.87. The largest absolute Gasteiger partial charge is 0.349 e. The van der Waals surface area contributed by atoms with Crippen LogP contribution >= 0.6 is 0 Å². The van der Waals surface area contributed by atoms with Crippen LogP contribution in [0.1, 0.15) is 37.7 Å². The number of halogens is 1. The molecule has 0 aliphatic carbocycles. The summed E-state index contributed by atoms with van der Waals surface area (Å²) in [7, 11) is 3.41. The van der Waals surface area contributed by atoms with E-state index >= 15 is 0 Å². The summed E-state index contributed by atoms with van der Waals surface area (Å²) in [4.78, 5) is 27.3. The van der Waals surface area contributed by atoms with Gasteiger partial charge in [-0.3, -0.25) is 9.59 Å². The molecule has 1 aliphatic rings. The molecule has 1 heterocycles. The number of carbonyl (C=O) groups excluding carboxylic acids is 2. The van der Waals surface area contributed by atoms with E-state index in [1.54, 1.807) is 26.2 Å². The van der Waals surface area contributed by atoms with Crippen LogP contribution in [-0.4, -0.2) is 48.8 Å². The van der Waals surface area contributed by atoms with E-state index in [9.17, 15) is 14.0 Å². The molecule has 2 amide bonds. The maximum atomic E-state index is 13.2. The molecule has 1 fully saturated rings. The number of likely N-dealkylation sites (tertiary alicyclic amines) is 1. The lowest BCUT2D eigenvalue weighted by atomic mass is 9.91. The number of benzene rings is 1. The lowest BCUT2D eigenvalue weighted by Gasteiger charge is -2.33. The number of piperidine rings is 1. The minimum absolute atomic E-state index is 0.0111. The second-order valence-electron chi connectivity index (χ2n) is 6.80. The van der Waals surface area contributed by atoms with Gasteiger partial charge in [-0.15, -0.1) is 0 Å². The fourth-order valence-electron chi connectivity index (χ4n) is 3.19. The summed E-state index contributed by atoms with van der Waals surface area (Å²) in [5, 5.41) is 0. The number of hydrogen-bond donors (Lipinski definition) is 0. The van der Waals surface area contributed by atoms with Crippen LogP contribution in [0.2, 0.25) is 0 Å². The Morgan fingerprint density at radius 1 is 1.29 bits per heavy atom. The van der Waals surface area contributed by atoms with E-state index < -0.39 is 0 Å². The molecule has 0 N–H and O–H groups in total. The molecule has 0 aromatic heterocycles. The average Bonchev–Trinajstić information content (AvgIpc) is 2.57. The van der Waals surface area contributed by atoms with Gasteiger partial charge in [0.1, 0.15) is 5.82 Å². The highest BCUT2D eigenvalue weighted by Crippen LogP contribution is 2.22. The maximum absolute atomic E-state index is 13.2. The van der Waals surface area contributed by atoms with Crippen molar-refractivity contribution in [3.63, 3.8) is 0 Å². The van der Waals surface area contributed by atoms with Crippen LogP contribution in [0.15, 0.2) is 24.3 Å². The molecule has 24 heavy (non-hydrogen) atoms.